The Morgan fingerprint density at radius 1 is 1.22 bits per heavy atom. The maximum absolute atomic E-state index is 6.37. The van der Waals surface area contributed by atoms with E-state index in [9.17, 15) is 0 Å². The summed E-state index contributed by atoms with van der Waals surface area (Å²) in [6.07, 6.45) is 0. The second kappa shape index (κ2) is 6.37. The van der Waals surface area contributed by atoms with E-state index in [1.165, 1.54) is 5.56 Å². The number of benzene rings is 1. The topological polar surface area (TPSA) is 12.0 Å². The standard InChI is InChI=1S/C12H9Br3ClNS/c1-17-11(7-5-9(14)18-12(7)15)6-3-2-4-8(13)10(6)16/h2-5,11,17H,1H3. The van der Waals surface area contributed by atoms with E-state index < -0.39 is 0 Å². The van der Waals surface area contributed by atoms with E-state index in [1.807, 2.05) is 25.2 Å². The van der Waals surface area contributed by atoms with Gasteiger partial charge in [0.05, 0.1) is 18.6 Å². The summed E-state index contributed by atoms with van der Waals surface area (Å²) in [6, 6.07) is 8.13. The molecule has 0 fully saturated rings. The average molecular weight is 474 g/mol. The molecule has 18 heavy (non-hydrogen) atoms. The van der Waals surface area contributed by atoms with Crippen molar-refractivity contribution < 1.29 is 0 Å². The molecule has 96 valence electrons. The Labute approximate surface area is 140 Å². The normalized spacial score (nSPS) is 12.7. The van der Waals surface area contributed by atoms with Crippen molar-refractivity contribution in [3.63, 3.8) is 0 Å². The maximum atomic E-state index is 6.37. The number of hydrogen-bond acceptors (Lipinski definition) is 2. The van der Waals surface area contributed by atoms with Crippen LogP contribution in [0.1, 0.15) is 17.2 Å². The highest BCUT2D eigenvalue weighted by Crippen LogP contribution is 2.40. The van der Waals surface area contributed by atoms with Crippen LogP contribution in [0.2, 0.25) is 5.02 Å². The summed E-state index contributed by atoms with van der Waals surface area (Å²) in [6.45, 7) is 0. The van der Waals surface area contributed by atoms with Gasteiger partial charge in [-0.05, 0) is 78.1 Å². The lowest BCUT2D eigenvalue weighted by molar-refractivity contribution is 0.691. The van der Waals surface area contributed by atoms with Crippen LogP contribution in [0.5, 0.6) is 0 Å². The van der Waals surface area contributed by atoms with Crippen molar-refractivity contribution in [3.05, 3.63) is 52.5 Å². The fourth-order valence-corrected chi connectivity index (χ4v) is 5.29. The molecule has 0 radical (unpaired) electrons. The summed E-state index contributed by atoms with van der Waals surface area (Å²) < 4.78 is 3.10. The second-order valence-electron chi connectivity index (χ2n) is 3.64. The monoisotopic (exact) mass is 471 g/mol. The van der Waals surface area contributed by atoms with E-state index in [-0.39, 0.29) is 6.04 Å². The van der Waals surface area contributed by atoms with Gasteiger partial charge in [-0.15, -0.1) is 11.3 Å². The minimum absolute atomic E-state index is 0.0620. The highest BCUT2D eigenvalue weighted by molar-refractivity contribution is 9.12. The van der Waals surface area contributed by atoms with Gasteiger partial charge in [-0.25, -0.2) is 0 Å². The molecule has 0 spiro atoms. The van der Waals surface area contributed by atoms with Gasteiger partial charge in [0.1, 0.15) is 0 Å². The Balaban J connectivity index is 2.52. The number of thiophene rings is 1. The zero-order valence-corrected chi connectivity index (χ0v) is 15.6. The van der Waals surface area contributed by atoms with Crippen LogP contribution < -0.4 is 5.32 Å². The Morgan fingerprint density at radius 2 is 1.94 bits per heavy atom. The van der Waals surface area contributed by atoms with Gasteiger partial charge in [0, 0.05) is 4.47 Å². The first-order valence-corrected chi connectivity index (χ1v) is 8.68. The van der Waals surface area contributed by atoms with Crippen LogP contribution in [-0.4, -0.2) is 7.05 Å². The SMILES string of the molecule is CNC(c1cc(Br)sc1Br)c1cccc(Br)c1Cl. The van der Waals surface area contributed by atoms with Crippen molar-refractivity contribution >= 4 is 70.7 Å². The molecule has 2 rings (SSSR count). The highest BCUT2D eigenvalue weighted by Gasteiger charge is 2.20. The predicted octanol–water partition coefficient (Wildman–Crippen LogP) is 6.00. The van der Waals surface area contributed by atoms with E-state index >= 15 is 0 Å². The number of hydrogen-bond donors (Lipinski definition) is 1. The van der Waals surface area contributed by atoms with Crippen LogP contribution in [0.3, 0.4) is 0 Å². The van der Waals surface area contributed by atoms with Gasteiger partial charge in [-0.3, -0.25) is 0 Å². The van der Waals surface area contributed by atoms with E-state index in [2.05, 4.69) is 59.2 Å². The first-order valence-electron chi connectivity index (χ1n) is 5.10. The third-order valence-electron chi connectivity index (χ3n) is 2.58. The van der Waals surface area contributed by atoms with E-state index in [0.717, 1.165) is 22.6 Å². The largest absolute Gasteiger partial charge is 0.309 e. The average Bonchev–Trinajstić information content (AvgIpc) is 2.65. The van der Waals surface area contributed by atoms with Crippen molar-refractivity contribution in [2.45, 2.75) is 6.04 Å². The molecule has 1 aromatic heterocycles. The molecule has 1 unspecified atom stereocenters. The third-order valence-corrected chi connectivity index (χ3v) is 6.27. The summed E-state index contributed by atoms with van der Waals surface area (Å²) >= 11 is 18.6. The van der Waals surface area contributed by atoms with Gasteiger partial charge >= 0.3 is 0 Å². The molecule has 1 aromatic carbocycles. The molecule has 0 saturated heterocycles. The van der Waals surface area contributed by atoms with Crippen LogP contribution in [0, 0.1) is 0 Å². The molecule has 2 aromatic rings. The summed E-state index contributed by atoms with van der Waals surface area (Å²) in [7, 11) is 1.93. The summed E-state index contributed by atoms with van der Waals surface area (Å²) in [5, 5.41) is 4.05. The van der Waals surface area contributed by atoms with Crippen molar-refractivity contribution in [2.75, 3.05) is 7.05 Å². The lowest BCUT2D eigenvalue weighted by Crippen LogP contribution is -2.17. The Hall–Kier alpha value is 0.610. The van der Waals surface area contributed by atoms with Crippen molar-refractivity contribution in [1.29, 1.82) is 0 Å². The van der Waals surface area contributed by atoms with E-state index in [0.29, 0.717) is 0 Å². The van der Waals surface area contributed by atoms with Crippen LogP contribution in [0.15, 0.2) is 36.3 Å². The zero-order valence-electron chi connectivity index (χ0n) is 9.31. The minimum atomic E-state index is 0.0620. The lowest BCUT2D eigenvalue weighted by atomic mass is 10.0. The maximum Gasteiger partial charge on any atom is 0.0761 e. The molecule has 0 aliphatic heterocycles. The van der Waals surface area contributed by atoms with E-state index in [1.54, 1.807) is 11.3 Å². The Morgan fingerprint density at radius 3 is 2.50 bits per heavy atom. The van der Waals surface area contributed by atoms with Crippen LogP contribution in [-0.2, 0) is 0 Å². The first kappa shape index (κ1) is 15.0. The molecule has 0 amide bonds. The highest BCUT2D eigenvalue weighted by atomic mass is 79.9. The molecule has 1 nitrogen and oxygen atoms in total. The fourth-order valence-electron chi connectivity index (χ4n) is 1.77. The molecule has 0 saturated carbocycles. The molecule has 0 bridgehead atoms. The number of nitrogens with one attached hydrogen (secondary N) is 1. The molecule has 6 heteroatoms. The zero-order chi connectivity index (χ0) is 13.3. The predicted molar refractivity (Wildman–Crippen MR) is 89.8 cm³/mol. The minimum Gasteiger partial charge on any atom is -0.309 e. The summed E-state index contributed by atoms with van der Waals surface area (Å²) in [5.41, 5.74) is 2.23. The van der Waals surface area contributed by atoms with Crippen LogP contribution in [0.4, 0.5) is 0 Å². The number of halogens is 4. The number of rotatable bonds is 3. The quantitative estimate of drug-likeness (QED) is 0.576. The van der Waals surface area contributed by atoms with Crippen LogP contribution >= 0.6 is 70.7 Å². The molecular weight excluding hydrogens is 465 g/mol. The molecule has 0 aliphatic rings. The van der Waals surface area contributed by atoms with Gasteiger partial charge in [0.15, 0.2) is 0 Å². The molecular formula is C12H9Br3ClNS. The molecule has 1 N–H and O–H groups in total. The second-order valence-corrected chi connectivity index (χ2v) is 8.63. The van der Waals surface area contributed by atoms with Gasteiger partial charge in [0.2, 0.25) is 0 Å². The van der Waals surface area contributed by atoms with Gasteiger partial charge in [-0.1, -0.05) is 23.7 Å². The van der Waals surface area contributed by atoms with Gasteiger partial charge in [0.25, 0.3) is 0 Å². The van der Waals surface area contributed by atoms with E-state index in [4.69, 9.17) is 11.6 Å². The smallest absolute Gasteiger partial charge is 0.0761 e. The van der Waals surface area contributed by atoms with Crippen molar-refractivity contribution in [1.82, 2.24) is 5.32 Å². The van der Waals surface area contributed by atoms with Crippen LogP contribution in [0.25, 0.3) is 0 Å². The Bertz CT molecular complexity index is 570. The molecule has 1 heterocycles. The fraction of sp³-hybridized carbons (Fsp3) is 0.167. The van der Waals surface area contributed by atoms with Gasteiger partial charge < -0.3 is 5.32 Å². The Kier molecular flexibility index (Phi) is 5.31. The lowest BCUT2D eigenvalue weighted by Gasteiger charge is -2.18. The summed E-state index contributed by atoms with van der Waals surface area (Å²) in [5.74, 6) is 0. The summed E-state index contributed by atoms with van der Waals surface area (Å²) in [4.78, 5) is 0. The first-order chi connectivity index (χ1) is 8.54. The molecule has 0 aliphatic carbocycles. The van der Waals surface area contributed by atoms with Crippen molar-refractivity contribution in [2.24, 2.45) is 0 Å². The van der Waals surface area contributed by atoms with Crippen molar-refractivity contribution in [3.8, 4) is 0 Å². The molecule has 1 atom stereocenters. The van der Waals surface area contributed by atoms with Gasteiger partial charge in [-0.2, -0.15) is 0 Å². The third kappa shape index (κ3) is 3.02.